The summed E-state index contributed by atoms with van der Waals surface area (Å²) in [5.74, 6) is 0.492. The lowest BCUT2D eigenvalue weighted by atomic mass is 9.87. The first-order valence-corrected chi connectivity index (χ1v) is 9.53. The molecule has 2 atom stereocenters. The molecule has 2 aliphatic rings. The summed E-state index contributed by atoms with van der Waals surface area (Å²) >= 11 is 0. The Morgan fingerprint density at radius 3 is 3.07 bits per heavy atom. The van der Waals surface area contributed by atoms with E-state index >= 15 is 0 Å². The third kappa shape index (κ3) is 2.49. The Kier molecular flexibility index (Phi) is 3.64. The van der Waals surface area contributed by atoms with Crippen LogP contribution in [0.1, 0.15) is 51.4 Å². The summed E-state index contributed by atoms with van der Waals surface area (Å²) in [5.41, 5.74) is 7.32. The Morgan fingerprint density at radius 1 is 1.33 bits per heavy atom. The molecule has 2 N–H and O–H groups in total. The van der Waals surface area contributed by atoms with Gasteiger partial charge in [-0.2, -0.15) is 0 Å². The number of nitrogens with one attached hydrogen (secondary N) is 2. The van der Waals surface area contributed by atoms with Gasteiger partial charge in [-0.05, 0) is 72.7 Å². The zero-order valence-electron chi connectivity index (χ0n) is 15.3. The smallest absolute Gasteiger partial charge is 0.254 e. The van der Waals surface area contributed by atoms with E-state index in [2.05, 4.69) is 33.9 Å². The number of nitrogens with zero attached hydrogens (tertiary/aromatic N) is 2. The molecule has 1 amide bonds. The van der Waals surface area contributed by atoms with Crippen molar-refractivity contribution < 1.29 is 4.79 Å². The molecule has 2 aromatic carbocycles. The highest BCUT2D eigenvalue weighted by molar-refractivity contribution is 5.97. The number of aromatic amines is 1. The highest BCUT2D eigenvalue weighted by atomic mass is 16.2. The predicted molar refractivity (Wildman–Crippen MR) is 106 cm³/mol. The van der Waals surface area contributed by atoms with Crippen LogP contribution in [0.15, 0.2) is 36.7 Å². The van der Waals surface area contributed by atoms with Crippen molar-refractivity contribution in [3.8, 4) is 0 Å². The monoisotopic (exact) mass is 358 g/mol. The van der Waals surface area contributed by atoms with Crippen LogP contribution >= 0.6 is 0 Å². The number of hydrogen-bond acceptors (Lipinski definition) is 3. The number of H-pyrrole nitrogens is 1. The summed E-state index contributed by atoms with van der Waals surface area (Å²) < 4.78 is 0. The number of aryl methyl sites for hydroxylation is 1. The number of rotatable bonds is 2. The van der Waals surface area contributed by atoms with Crippen molar-refractivity contribution in [3.05, 3.63) is 64.5 Å². The van der Waals surface area contributed by atoms with Gasteiger partial charge in [0.1, 0.15) is 0 Å². The van der Waals surface area contributed by atoms with Crippen molar-refractivity contribution in [2.24, 2.45) is 0 Å². The van der Waals surface area contributed by atoms with Gasteiger partial charge in [0.15, 0.2) is 0 Å². The lowest BCUT2D eigenvalue weighted by Gasteiger charge is -2.38. The van der Waals surface area contributed by atoms with Gasteiger partial charge in [0.2, 0.25) is 0 Å². The number of hydrogen-bond donors (Lipinski definition) is 2. The van der Waals surface area contributed by atoms with Crippen molar-refractivity contribution in [1.82, 2.24) is 14.9 Å². The molecule has 5 rings (SSSR count). The van der Waals surface area contributed by atoms with Crippen molar-refractivity contribution in [2.45, 2.75) is 38.1 Å². The molecule has 0 bridgehead atoms. The second-order valence-corrected chi connectivity index (χ2v) is 7.71. The number of imidazole rings is 1. The molecule has 5 heteroatoms. The second kappa shape index (κ2) is 6.05. The minimum absolute atomic E-state index is 0.109. The molecule has 136 valence electrons. The van der Waals surface area contributed by atoms with Crippen LogP contribution in [-0.2, 0) is 6.42 Å². The standard InChI is InChI=1S/C22H22N4O/c1-13-7-15-10-21-17(18(15)8-16(13)11-23)3-2-6-26(21)22(27)14-4-5-19-20(9-14)25-12-24-19/h4-5,7-9,11-12,17,21,23H,2-3,6,10H2,1H3,(H,24,25)/t17-,21+/m1/s1. The fourth-order valence-electron chi connectivity index (χ4n) is 4.86. The van der Waals surface area contributed by atoms with E-state index in [1.165, 1.54) is 17.3 Å². The molecule has 5 nitrogen and oxygen atoms in total. The molecule has 0 spiro atoms. The Bertz CT molecular complexity index is 1070. The number of benzene rings is 2. The summed E-state index contributed by atoms with van der Waals surface area (Å²) in [6.45, 7) is 2.87. The zero-order chi connectivity index (χ0) is 18.5. The summed E-state index contributed by atoms with van der Waals surface area (Å²) in [5, 5.41) is 7.65. The molecule has 0 radical (unpaired) electrons. The molecular weight excluding hydrogens is 336 g/mol. The quantitative estimate of drug-likeness (QED) is 0.684. The SMILES string of the molecule is Cc1cc2c(cc1C=N)[C@H]1CCCN(C(=O)c3ccc4nc[nH]c4c3)[C@H]1C2. The summed E-state index contributed by atoms with van der Waals surface area (Å²) in [4.78, 5) is 22.7. The third-order valence-corrected chi connectivity index (χ3v) is 6.22. The molecule has 1 aliphatic heterocycles. The van der Waals surface area contributed by atoms with Gasteiger partial charge >= 0.3 is 0 Å². The van der Waals surface area contributed by atoms with Crippen LogP contribution < -0.4 is 0 Å². The van der Waals surface area contributed by atoms with Crippen LogP contribution in [-0.4, -0.2) is 39.6 Å². The maximum atomic E-state index is 13.3. The van der Waals surface area contributed by atoms with Gasteiger partial charge in [-0.25, -0.2) is 4.98 Å². The fraction of sp³-hybridized carbons (Fsp3) is 0.318. The van der Waals surface area contributed by atoms with E-state index in [-0.39, 0.29) is 11.9 Å². The van der Waals surface area contributed by atoms with Gasteiger partial charge in [-0.3, -0.25) is 4.79 Å². The van der Waals surface area contributed by atoms with Crippen molar-refractivity contribution >= 4 is 23.2 Å². The minimum atomic E-state index is 0.109. The van der Waals surface area contributed by atoms with Gasteiger partial charge < -0.3 is 15.3 Å². The average molecular weight is 358 g/mol. The third-order valence-electron chi connectivity index (χ3n) is 6.22. The van der Waals surface area contributed by atoms with Crippen LogP contribution in [0.25, 0.3) is 11.0 Å². The predicted octanol–water partition coefficient (Wildman–Crippen LogP) is 3.81. The number of likely N-dealkylation sites (tertiary alicyclic amines) is 1. The van der Waals surface area contributed by atoms with Crippen LogP contribution in [0, 0.1) is 12.3 Å². The van der Waals surface area contributed by atoms with Crippen molar-refractivity contribution in [2.75, 3.05) is 6.54 Å². The van der Waals surface area contributed by atoms with Gasteiger partial charge in [-0.1, -0.05) is 6.07 Å². The number of fused-ring (bicyclic) bond motifs is 4. The lowest BCUT2D eigenvalue weighted by molar-refractivity contribution is 0.0595. The summed E-state index contributed by atoms with van der Waals surface area (Å²) in [7, 11) is 0. The molecular formula is C22H22N4O. The number of carbonyl (C=O) groups excluding carboxylic acids is 1. The molecule has 0 saturated carbocycles. The molecule has 1 aliphatic carbocycles. The van der Waals surface area contributed by atoms with Gasteiger partial charge in [0.05, 0.1) is 17.4 Å². The number of amides is 1. The first-order chi connectivity index (χ1) is 13.2. The molecule has 1 saturated heterocycles. The second-order valence-electron chi connectivity index (χ2n) is 7.71. The molecule has 1 fully saturated rings. The minimum Gasteiger partial charge on any atom is -0.345 e. The van der Waals surface area contributed by atoms with E-state index in [9.17, 15) is 4.79 Å². The molecule has 27 heavy (non-hydrogen) atoms. The van der Waals surface area contributed by atoms with Gasteiger partial charge in [0, 0.05) is 30.3 Å². The van der Waals surface area contributed by atoms with Crippen LogP contribution in [0.3, 0.4) is 0 Å². The van der Waals surface area contributed by atoms with E-state index < -0.39 is 0 Å². The lowest BCUT2D eigenvalue weighted by Crippen LogP contribution is -2.46. The van der Waals surface area contributed by atoms with Gasteiger partial charge in [-0.15, -0.1) is 0 Å². The molecule has 0 unspecified atom stereocenters. The van der Waals surface area contributed by atoms with E-state index in [0.29, 0.717) is 5.92 Å². The summed E-state index contributed by atoms with van der Waals surface area (Å²) in [6, 6.07) is 10.3. The Balaban J connectivity index is 1.49. The van der Waals surface area contributed by atoms with Crippen LogP contribution in [0.2, 0.25) is 0 Å². The van der Waals surface area contributed by atoms with E-state index in [1.54, 1.807) is 6.33 Å². The first kappa shape index (κ1) is 16.2. The summed E-state index contributed by atoms with van der Waals surface area (Å²) in [6.07, 6.45) is 6.14. The molecule has 2 heterocycles. The Morgan fingerprint density at radius 2 is 2.22 bits per heavy atom. The average Bonchev–Trinajstić information content (AvgIpc) is 3.29. The van der Waals surface area contributed by atoms with E-state index in [4.69, 9.17) is 5.41 Å². The fourth-order valence-corrected chi connectivity index (χ4v) is 4.86. The zero-order valence-corrected chi connectivity index (χ0v) is 15.3. The maximum Gasteiger partial charge on any atom is 0.254 e. The molecule has 1 aromatic heterocycles. The highest BCUT2D eigenvalue weighted by Gasteiger charge is 2.41. The number of piperidine rings is 1. The van der Waals surface area contributed by atoms with Crippen LogP contribution in [0.5, 0.6) is 0 Å². The van der Waals surface area contributed by atoms with E-state index in [1.807, 2.05) is 18.2 Å². The molecule has 3 aromatic rings. The maximum absolute atomic E-state index is 13.3. The largest absolute Gasteiger partial charge is 0.345 e. The van der Waals surface area contributed by atoms with E-state index in [0.717, 1.165) is 53.5 Å². The van der Waals surface area contributed by atoms with Crippen molar-refractivity contribution in [1.29, 1.82) is 5.41 Å². The highest BCUT2D eigenvalue weighted by Crippen LogP contribution is 2.43. The number of carbonyl (C=O) groups is 1. The van der Waals surface area contributed by atoms with Gasteiger partial charge in [0.25, 0.3) is 5.91 Å². The van der Waals surface area contributed by atoms with Crippen molar-refractivity contribution in [3.63, 3.8) is 0 Å². The topological polar surface area (TPSA) is 72.8 Å². The van der Waals surface area contributed by atoms with Crippen LogP contribution in [0.4, 0.5) is 0 Å². The number of aromatic nitrogens is 2. The first-order valence-electron chi connectivity index (χ1n) is 9.53. The Labute approximate surface area is 157 Å². The normalized spacial score (nSPS) is 21.1. The Hall–Kier alpha value is -2.95.